The minimum atomic E-state index is -5.07. The molecule has 0 atom stereocenters. The van der Waals surface area contributed by atoms with Gasteiger partial charge in [-0.2, -0.15) is 12.7 Å². The number of hydrogen-bond acceptors (Lipinski definition) is 6. The van der Waals surface area contributed by atoms with Crippen LogP contribution in [-0.4, -0.2) is 81.3 Å². The lowest BCUT2D eigenvalue weighted by molar-refractivity contribution is -0.126. The highest BCUT2D eigenvalue weighted by Crippen LogP contribution is 2.47. The number of nitrogens with zero attached hydrogens (tertiary/aromatic N) is 3. The van der Waals surface area contributed by atoms with E-state index in [2.05, 4.69) is 0 Å². The van der Waals surface area contributed by atoms with Crippen molar-refractivity contribution in [3.63, 3.8) is 0 Å². The van der Waals surface area contributed by atoms with Crippen molar-refractivity contribution < 1.29 is 45.3 Å². The number of fused-ring (bicyclic) bond motifs is 4. The van der Waals surface area contributed by atoms with E-state index in [4.69, 9.17) is 24.6 Å². The Balaban J connectivity index is 1.69. The fourth-order valence-electron chi connectivity index (χ4n) is 5.72. The third-order valence-corrected chi connectivity index (χ3v) is 9.04. The van der Waals surface area contributed by atoms with Crippen LogP contribution in [0.5, 0.6) is 5.75 Å². The molecule has 228 valence electrons. The SMILES string of the molecule is [2H]C1([2H])CCC(c2c3n4c5cc(ccc25)C(=O)NS(=O)(=O)N(C([2H])([2H])[2H])CCOCCN(C([2H])([2H])[2H])C(=O)C(=Cc2cc(OC([2H])([2H])[2H])ccc2-3)C4([2H])[2H])CC1. The summed E-state index contributed by atoms with van der Waals surface area (Å²) in [5, 5.41) is 0.348. The standard InChI is InChI=1S/C32H38N4O6S/c1-34-13-15-42-16-14-35(2)43(39,40)33-31(37)22-9-11-27-28(19-22)36-20-24(32(34)38)17-23-18-25(41-3)10-12-26(23)30(36)29(27)21-7-5-4-6-8-21/h9-12,17-19,21H,4-8,13-16,20H2,1-3H3,(H,33,37)/i1D3,2D3,3D3,4D2,20D2. The van der Waals surface area contributed by atoms with Crippen molar-refractivity contribution in [2.24, 2.45) is 0 Å². The van der Waals surface area contributed by atoms with E-state index < -0.39 is 93.7 Å². The van der Waals surface area contributed by atoms with Crippen LogP contribution in [0.15, 0.2) is 42.0 Å². The summed E-state index contributed by atoms with van der Waals surface area (Å²) >= 11 is 0. The Kier molecular flexibility index (Phi) is 4.82. The molecule has 3 aliphatic rings. The molecule has 6 rings (SSSR count). The van der Waals surface area contributed by atoms with Crippen LogP contribution in [0.3, 0.4) is 0 Å². The topological polar surface area (TPSA) is 110 Å². The van der Waals surface area contributed by atoms with Crippen LogP contribution in [0.2, 0.25) is 0 Å². The maximum atomic E-state index is 14.5. The molecule has 2 aliphatic heterocycles. The van der Waals surface area contributed by atoms with Gasteiger partial charge in [0, 0.05) is 65.6 Å². The van der Waals surface area contributed by atoms with Gasteiger partial charge >= 0.3 is 10.2 Å². The van der Waals surface area contributed by atoms with Crippen LogP contribution in [0.4, 0.5) is 0 Å². The Labute approximate surface area is 270 Å². The van der Waals surface area contributed by atoms with Crippen LogP contribution in [-0.2, 0) is 26.2 Å². The lowest BCUT2D eigenvalue weighted by Gasteiger charge is -2.24. The average Bonchev–Trinajstić information content (AvgIpc) is 3.34. The second-order valence-electron chi connectivity index (χ2n) is 10.5. The van der Waals surface area contributed by atoms with E-state index >= 15 is 0 Å². The third-order valence-electron chi connectivity index (χ3n) is 7.83. The molecule has 1 aliphatic carbocycles. The maximum Gasteiger partial charge on any atom is 0.303 e. The monoisotopic (exact) mass is 619 g/mol. The summed E-state index contributed by atoms with van der Waals surface area (Å²) in [6.07, 6.45) is 0.514. The molecule has 43 heavy (non-hydrogen) atoms. The van der Waals surface area contributed by atoms with Gasteiger partial charge in [-0.05, 0) is 66.3 Å². The van der Waals surface area contributed by atoms with E-state index in [9.17, 15) is 20.7 Å². The van der Waals surface area contributed by atoms with Crippen molar-refractivity contribution in [2.75, 3.05) is 47.3 Å². The quantitative estimate of drug-likeness (QED) is 0.462. The maximum absolute atomic E-state index is 14.5. The van der Waals surface area contributed by atoms with Crippen molar-refractivity contribution >= 4 is 39.0 Å². The first-order chi connectivity index (χ1) is 25.7. The highest BCUT2D eigenvalue weighted by molar-refractivity contribution is 7.87. The summed E-state index contributed by atoms with van der Waals surface area (Å²) in [4.78, 5) is 28.6. The zero-order chi connectivity index (χ0) is 41.4. The number of likely N-dealkylation sites (N-methyl/N-ethyl adjacent to an activating group) is 2. The van der Waals surface area contributed by atoms with Crippen molar-refractivity contribution in [2.45, 2.75) is 44.5 Å². The number of carbonyl (C=O) groups is 2. The summed E-state index contributed by atoms with van der Waals surface area (Å²) < 4.78 is 147. The van der Waals surface area contributed by atoms with Crippen LogP contribution in [0, 0.1) is 0 Å². The number of amides is 2. The number of ether oxygens (including phenoxy) is 2. The molecule has 3 aromatic rings. The minimum Gasteiger partial charge on any atom is -0.497 e. The predicted octanol–water partition coefficient (Wildman–Crippen LogP) is 4.16. The fourth-order valence-corrected chi connectivity index (χ4v) is 6.50. The van der Waals surface area contributed by atoms with Gasteiger partial charge < -0.3 is 18.9 Å². The van der Waals surface area contributed by atoms with Crippen molar-refractivity contribution in [3.05, 3.63) is 58.7 Å². The van der Waals surface area contributed by atoms with Gasteiger partial charge in [0.25, 0.3) is 11.8 Å². The molecule has 2 amide bonds. The lowest BCUT2D eigenvalue weighted by atomic mass is 9.81. The Morgan fingerprint density at radius 1 is 1.07 bits per heavy atom. The zero-order valence-electron chi connectivity index (χ0n) is 36.0. The molecule has 1 N–H and O–H groups in total. The molecule has 4 bridgehead atoms. The van der Waals surface area contributed by atoms with E-state index in [1.165, 1.54) is 36.4 Å². The Morgan fingerprint density at radius 3 is 2.70 bits per heavy atom. The molecular formula is C32H38N4O6S. The van der Waals surface area contributed by atoms with Crippen molar-refractivity contribution in [1.82, 2.24) is 18.5 Å². The molecule has 1 aromatic heterocycles. The summed E-state index contributed by atoms with van der Waals surface area (Å²) in [5.74, 6) is -3.17. The van der Waals surface area contributed by atoms with Crippen LogP contribution in [0.25, 0.3) is 28.2 Å². The molecule has 1 saturated carbocycles. The molecule has 2 aromatic carbocycles. The molecule has 0 unspecified atom stereocenters. The average molecular weight is 620 g/mol. The molecule has 0 saturated heterocycles. The molecule has 1 fully saturated rings. The van der Waals surface area contributed by atoms with Gasteiger partial charge in [0.15, 0.2) is 0 Å². The second-order valence-corrected chi connectivity index (χ2v) is 12.0. The van der Waals surface area contributed by atoms with Gasteiger partial charge in [0.2, 0.25) is 0 Å². The van der Waals surface area contributed by atoms with Crippen LogP contribution in [0.1, 0.15) is 77.3 Å². The van der Waals surface area contributed by atoms with Crippen molar-refractivity contribution in [1.29, 1.82) is 0 Å². The number of rotatable bonds is 2. The van der Waals surface area contributed by atoms with Crippen molar-refractivity contribution in [3.8, 4) is 17.0 Å². The van der Waals surface area contributed by atoms with E-state index in [1.807, 2.05) is 0 Å². The second kappa shape index (κ2) is 11.8. The highest BCUT2D eigenvalue weighted by Gasteiger charge is 2.31. The first kappa shape index (κ1) is 17.6. The minimum absolute atomic E-state index is 0.0285. The zero-order valence-corrected chi connectivity index (χ0v) is 23.8. The summed E-state index contributed by atoms with van der Waals surface area (Å²) in [6.45, 7) is -12.1. The first-order valence-electron chi connectivity index (χ1n) is 20.2. The van der Waals surface area contributed by atoms with Crippen LogP contribution >= 0.6 is 0 Å². The van der Waals surface area contributed by atoms with Gasteiger partial charge in [0.1, 0.15) is 5.75 Å². The number of benzene rings is 2. The summed E-state index contributed by atoms with van der Waals surface area (Å²) in [5.41, 5.74) is -0.0932. The number of nitrogens with one attached hydrogen (secondary N) is 1. The smallest absolute Gasteiger partial charge is 0.303 e. The normalized spacial score (nSPS) is 28.1. The van der Waals surface area contributed by atoms with Gasteiger partial charge in [-0.15, -0.1) is 0 Å². The number of carbonyl (C=O) groups excluding carboxylic acids is 2. The highest BCUT2D eigenvalue weighted by atomic mass is 32.2. The summed E-state index contributed by atoms with van der Waals surface area (Å²) in [6, 6.07) is 7.95. The Hall–Kier alpha value is -3.67. The van der Waals surface area contributed by atoms with E-state index in [1.54, 1.807) is 4.72 Å². The van der Waals surface area contributed by atoms with Gasteiger partial charge in [-0.3, -0.25) is 9.59 Å². The predicted molar refractivity (Wildman–Crippen MR) is 165 cm³/mol. The summed E-state index contributed by atoms with van der Waals surface area (Å²) in [7, 11) is -7.97. The first-order valence-corrected chi connectivity index (χ1v) is 15.1. The van der Waals surface area contributed by atoms with Gasteiger partial charge in [-0.25, -0.2) is 4.72 Å². The number of aromatic nitrogens is 1. The molecule has 11 heteroatoms. The third kappa shape index (κ3) is 5.57. The number of methoxy groups -OCH3 is 1. The molecule has 0 radical (unpaired) electrons. The van der Waals surface area contributed by atoms with E-state index in [-0.39, 0.29) is 50.8 Å². The Morgan fingerprint density at radius 2 is 1.91 bits per heavy atom. The fraction of sp³-hybridized carbons (Fsp3) is 0.438. The Bertz CT molecular complexity index is 2200. The van der Waals surface area contributed by atoms with E-state index in [0.717, 1.165) is 10.6 Å². The molecule has 0 spiro atoms. The molecule has 3 heterocycles. The molecular weight excluding hydrogens is 568 g/mol. The molecule has 10 nitrogen and oxygen atoms in total. The van der Waals surface area contributed by atoms with E-state index in [0.29, 0.717) is 28.7 Å². The largest absolute Gasteiger partial charge is 0.497 e. The van der Waals surface area contributed by atoms with Gasteiger partial charge in [0.05, 0.1) is 39.3 Å². The lowest BCUT2D eigenvalue weighted by Crippen LogP contribution is -2.42. The number of hydrogen-bond donors (Lipinski definition) is 1. The van der Waals surface area contributed by atoms with Gasteiger partial charge in [-0.1, -0.05) is 25.3 Å². The van der Waals surface area contributed by atoms with Crippen LogP contribution < -0.4 is 9.46 Å².